The van der Waals surface area contributed by atoms with Gasteiger partial charge in [0.25, 0.3) is 0 Å². The van der Waals surface area contributed by atoms with Crippen LogP contribution in [0.3, 0.4) is 0 Å². The Kier molecular flexibility index (Phi) is 6.98. The Morgan fingerprint density at radius 3 is 2.89 bits per heavy atom. The largest absolute Gasteiger partial charge is 0.463 e. The third-order valence-electron chi connectivity index (χ3n) is 3.00. The first kappa shape index (κ1) is 15.2. The summed E-state index contributed by atoms with van der Waals surface area (Å²) in [7, 11) is 0. The van der Waals surface area contributed by atoms with Crippen LogP contribution in [-0.4, -0.2) is 49.8 Å². The van der Waals surface area contributed by atoms with Crippen molar-refractivity contribution in [2.75, 3.05) is 32.8 Å². The number of carbonyl (C=O) groups excluding carboxylic acids is 1. The number of hydrogen-bond donors (Lipinski definition) is 0. The van der Waals surface area contributed by atoms with E-state index in [9.17, 15) is 4.79 Å². The predicted molar refractivity (Wildman–Crippen MR) is 71.5 cm³/mol. The molecule has 1 atom stereocenters. The van der Waals surface area contributed by atoms with E-state index in [1.807, 2.05) is 0 Å². The summed E-state index contributed by atoms with van der Waals surface area (Å²) in [6.07, 6.45) is 3.58. The SMILES string of the molecule is C=C(CN1CCCC(OCCC)C1)C(=O)OCC. The molecule has 0 aromatic heterocycles. The zero-order valence-corrected chi connectivity index (χ0v) is 11.6. The number of ether oxygens (including phenoxy) is 2. The minimum absolute atomic E-state index is 0.283. The highest BCUT2D eigenvalue weighted by Gasteiger charge is 2.22. The molecule has 0 N–H and O–H groups in total. The highest BCUT2D eigenvalue weighted by atomic mass is 16.5. The summed E-state index contributed by atoms with van der Waals surface area (Å²) >= 11 is 0. The number of esters is 1. The van der Waals surface area contributed by atoms with Crippen LogP contribution in [0, 0.1) is 0 Å². The molecule has 0 radical (unpaired) electrons. The van der Waals surface area contributed by atoms with Crippen molar-refractivity contribution in [2.24, 2.45) is 0 Å². The van der Waals surface area contributed by atoms with Gasteiger partial charge in [0.1, 0.15) is 0 Å². The molecule has 4 nitrogen and oxygen atoms in total. The number of carbonyl (C=O) groups is 1. The molecule has 1 heterocycles. The van der Waals surface area contributed by atoms with Crippen LogP contribution in [0.25, 0.3) is 0 Å². The number of piperidine rings is 1. The molecular formula is C14H25NO3. The first-order chi connectivity index (χ1) is 8.67. The Labute approximate surface area is 110 Å². The van der Waals surface area contributed by atoms with Gasteiger partial charge in [-0.3, -0.25) is 4.90 Å². The summed E-state index contributed by atoms with van der Waals surface area (Å²) in [4.78, 5) is 13.7. The highest BCUT2D eigenvalue weighted by molar-refractivity contribution is 5.88. The van der Waals surface area contributed by atoms with E-state index in [0.29, 0.717) is 24.8 Å². The van der Waals surface area contributed by atoms with Crippen molar-refractivity contribution in [3.05, 3.63) is 12.2 Å². The van der Waals surface area contributed by atoms with Gasteiger partial charge in [-0.05, 0) is 32.7 Å². The lowest BCUT2D eigenvalue weighted by atomic mass is 10.1. The Morgan fingerprint density at radius 2 is 2.22 bits per heavy atom. The quantitative estimate of drug-likeness (QED) is 0.515. The molecule has 0 bridgehead atoms. The van der Waals surface area contributed by atoms with Crippen LogP contribution < -0.4 is 0 Å². The minimum Gasteiger partial charge on any atom is -0.463 e. The molecule has 0 aliphatic carbocycles. The Morgan fingerprint density at radius 1 is 1.44 bits per heavy atom. The van der Waals surface area contributed by atoms with Crippen LogP contribution in [0.2, 0.25) is 0 Å². The Balaban J connectivity index is 2.33. The van der Waals surface area contributed by atoms with Crippen molar-refractivity contribution in [3.8, 4) is 0 Å². The molecule has 0 saturated carbocycles. The lowest BCUT2D eigenvalue weighted by molar-refractivity contribution is -0.138. The molecule has 18 heavy (non-hydrogen) atoms. The fourth-order valence-corrected chi connectivity index (χ4v) is 2.14. The van der Waals surface area contributed by atoms with Gasteiger partial charge in [0.15, 0.2) is 0 Å². The molecule has 1 rings (SSSR count). The molecule has 1 fully saturated rings. The number of rotatable bonds is 7. The van der Waals surface area contributed by atoms with Crippen molar-refractivity contribution in [2.45, 2.75) is 39.2 Å². The van der Waals surface area contributed by atoms with Gasteiger partial charge in [0.2, 0.25) is 0 Å². The van der Waals surface area contributed by atoms with Crippen LogP contribution in [0.4, 0.5) is 0 Å². The number of likely N-dealkylation sites (tertiary alicyclic amines) is 1. The lowest BCUT2D eigenvalue weighted by Crippen LogP contribution is -2.41. The normalized spacial score (nSPS) is 20.7. The van der Waals surface area contributed by atoms with E-state index in [4.69, 9.17) is 9.47 Å². The molecule has 0 aromatic carbocycles. The van der Waals surface area contributed by atoms with E-state index in [0.717, 1.165) is 39.0 Å². The highest BCUT2D eigenvalue weighted by Crippen LogP contribution is 2.14. The maximum atomic E-state index is 11.5. The van der Waals surface area contributed by atoms with Gasteiger partial charge in [-0.15, -0.1) is 0 Å². The summed E-state index contributed by atoms with van der Waals surface area (Å²) in [5.74, 6) is -0.283. The van der Waals surface area contributed by atoms with Gasteiger partial charge in [-0.25, -0.2) is 4.79 Å². The standard InChI is InChI=1S/C14H25NO3/c1-4-9-18-13-7-6-8-15(11-13)10-12(3)14(16)17-5-2/h13H,3-11H2,1-2H3. The average Bonchev–Trinajstić information content (AvgIpc) is 2.37. The molecule has 4 heteroatoms. The molecule has 1 aliphatic rings. The van der Waals surface area contributed by atoms with Crippen molar-refractivity contribution in [3.63, 3.8) is 0 Å². The molecular weight excluding hydrogens is 230 g/mol. The maximum Gasteiger partial charge on any atom is 0.334 e. The summed E-state index contributed by atoms with van der Waals surface area (Å²) in [5, 5.41) is 0. The molecule has 0 amide bonds. The summed E-state index contributed by atoms with van der Waals surface area (Å²) in [5.41, 5.74) is 0.535. The third kappa shape index (κ3) is 5.19. The van der Waals surface area contributed by atoms with Gasteiger partial charge in [-0.1, -0.05) is 13.5 Å². The van der Waals surface area contributed by atoms with E-state index in [1.54, 1.807) is 6.92 Å². The fourth-order valence-electron chi connectivity index (χ4n) is 2.14. The lowest BCUT2D eigenvalue weighted by Gasteiger charge is -2.32. The molecule has 0 spiro atoms. The zero-order valence-electron chi connectivity index (χ0n) is 11.6. The smallest absolute Gasteiger partial charge is 0.334 e. The van der Waals surface area contributed by atoms with Crippen molar-refractivity contribution < 1.29 is 14.3 Å². The van der Waals surface area contributed by atoms with Crippen molar-refractivity contribution in [1.29, 1.82) is 0 Å². The monoisotopic (exact) mass is 255 g/mol. The maximum absolute atomic E-state index is 11.5. The van der Waals surface area contributed by atoms with Crippen molar-refractivity contribution in [1.82, 2.24) is 4.90 Å². The second-order valence-corrected chi connectivity index (χ2v) is 4.69. The zero-order chi connectivity index (χ0) is 13.4. The van der Waals surface area contributed by atoms with Gasteiger partial charge < -0.3 is 9.47 Å². The minimum atomic E-state index is -0.283. The summed E-state index contributed by atoms with van der Waals surface area (Å²) < 4.78 is 10.7. The Bertz CT molecular complexity index is 278. The van der Waals surface area contributed by atoms with E-state index < -0.39 is 0 Å². The van der Waals surface area contributed by atoms with Crippen LogP contribution in [-0.2, 0) is 14.3 Å². The van der Waals surface area contributed by atoms with Crippen LogP contribution >= 0.6 is 0 Å². The van der Waals surface area contributed by atoms with Crippen LogP contribution in [0.15, 0.2) is 12.2 Å². The van der Waals surface area contributed by atoms with Crippen LogP contribution in [0.5, 0.6) is 0 Å². The summed E-state index contributed by atoms with van der Waals surface area (Å²) in [6.45, 7) is 11.4. The molecule has 1 aliphatic heterocycles. The molecule has 1 unspecified atom stereocenters. The second kappa shape index (κ2) is 8.27. The number of hydrogen-bond acceptors (Lipinski definition) is 4. The van der Waals surface area contributed by atoms with Gasteiger partial charge in [0.05, 0.1) is 12.7 Å². The first-order valence-electron chi connectivity index (χ1n) is 6.86. The van der Waals surface area contributed by atoms with Crippen molar-refractivity contribution >= 4 is 5.97 Å². The third-order valence-corrected chi connectivity index (χ3v) is 3.00. The van der Waals surface area contributed by atoms with E-state index >= 15 is 0 Å². The first-order valence-corrected chi connectivity index (χ1v) is 6.86. The molecule has 1 saturated heterocycles. The second-order valence-electron chi connectivity index (χ2n) is 4.69. The molecule has 0 aromatic rings. The topological polar surface area (TPSA) is 38.8 Å². The van der Waals surface area contributed by atoms with E-state index in [1.165, 1.54) is 0 Å². The molecule has 104 valence electrons. The summed E-state index contributed by atoms with van der Waals surface area (Å²) in [6, 6.07) is 0. The number of nitrogens with zero attached hydrogens (tertiary/aromatic N) is 1. The Hall–Kier alpha value is -0.870. The van der Waals surface area contributed by atoms with Gasteiger partial charge >= 0.3 is 5.97 Å². The van der Waals surface area contributed by atoms with E-state index in [-0.39, 0.29) is 5.97 Å². The van der Waals surface area contributed by atoms with Crippen LogP contribution in [0.1, 0.15) is 33.1 Å². The fraction of sp³-hybridized carbons (Fsp3) is 0.786. The average molecular weight is 255 g/mol. The van der Waals surface area contributed by atoms with Gasteiger partial charge in [0, 0.05) is 25.3 Å². The van der Waals surface area contributed by atoms with Gasteiger partial charge in [-0.2, -0.15) is 0 Å². The predicted octanol–water partition coefficient (Wildman–Crippen LogP) is 2.00. The van der Waals surface area contributed by atoms with E-state index in [2.05, 4.69) is 18.4 Å².